The Kier molecular flexibility index (Phi) is 4.70. The second-order valence-electron chi connectivity index (χ2n) is 5.33. The molecule has 2 aromatic carbocycles. The van der Waals surface area contributed by atoms with Gasteiger partial charge in [-0.15, -0.1) is 0 Å². The largest absolute Gasteiger partial charge is 0.322 e. The van der Waals surface area contributed by atoms with E-state index in [-0.39, 0.29) is 5.56 Å². The van der Waals surface area contributed by atoms with Crippen molar-refractivity contribution in [2.75, 3.05) is 19.4 Å². The summed E-state index contributed by atoms with van der Waals surface area (Å²) in [7, 11) is 3.91. The third-order valence-corrected chi connectivity index (χ3v) is 3.12. The zero-order valence-corrected chi connectivity index (χ0v) is 12.5. The quantitative estimate of drug-likeness (QED) is 0.933. The van der Waals surface area contributed by atoms with Crippen LogP contribution in [-0.4, -0.2) is 24.9 Å². The molecule has 3 nitrogen and oxygen atoms in total. The molecule has 0 saturated carbocycles. The highest BCUT2D eigenvalue weighted by atomic mass is 19.1. The van der Waals surface area contributed by atoms with Crippen LogP contribution >= 0.6 is 0 Å². The second-order valence-corrected chi connectivity index (χ2v) is 5.33. The summed E-state index contributed by atoms with van der Waals surface area (Å²) in [6, 6.07) is 12.1. The zero-order chi connectivity index (χ0) is 15.4. The van der Waals surface area contributed by atoms with E-state index in [4.69, 9.17) is 0 Å². The molecule has 0 radical (unpaired) electrons. The molecule has 0 bridgehead atoms. The van der Waals surface area contributed by atoms with E-state index in [1.165, 1.54) is 6.07 Å². The zero-order valence-electron chi connectivity index (χ0n) is 12.5. The number of carbonyl (C=O) groups excluding carboxylic acids is 1. The van der Waals surface area contributed by atoms with Gasteiger partial charge in [0.05, 0.1) is 5.56 Å². The summed E-state index contributed by atoms with van der Waals surface area (Å²) in [5.74, 6) is -0.939. The standard InChI is InChI=1S/C17H19FN2O/c1-12-8-9-15(18)14(10-12)17(21)19-16-7-5-4-6-13(16)11-20(2)3/h4-10H,11H2,1-3H3,(H,19,21). The third kappa shape index (κ3) is 3.89. The first-order valence-corrected chi connectivity index (χ1v) is 6.77. The van der Waals surface area contributed by atoms with Crippen molar-refractivity contribution >= 4 is 11.6 Å². The van der Waals surface area contributed by atoms with Crippen molar-refractivity contribution in [2.24, 2.45) is 0 Å². The number of anilines is 1. The second kappa shape index (κ2) is 6.50. The normalized spacial score (nSPS) is 10.7. The number of carbonyl (C=O) groups is 1. The van der Waals surface area contributed by atoms with E-state index in [0.717, 1.165) is 11.1 Å². The number of para-hydroxylation sites is 1. The van der Waals surface area contributed by atoms with E-state index in [2.05, 4.69) is 5.32 Å². The molecule has 0 aliphatic carbocycles. The van der Waals surface area contributed by atoms with Crippen molar-refractivity contribution in [2.45, 2.75) is 13.5 Å². The van der Waals surface area contributed by atoms with Crippen molar-refractivity contribution in [1.82, 2.24) is 4.90 Å². The molecular formula is C17H19FN2O. The van der Waals surface area contributed by atoms with Gasteiger partial charge in [-0.25, -0.2) is 4.39 Å². The van der Waals surface area contributed by atoms with E-state index in [0.29, 0.717) is 12.2 Å². The van der Waals surface area contributed by atoms with Crippen molar-refractivity contribution in [3.63, 3.8) is 0 Å². The number of halogens is 1. The topological polar surface area (TPSA) is 32.3 Å². The fourth-order valence-electron chi connectivity index (χ4n) is 2.12. The fourth-order valence-corrected chi connectivity index (χ4v) is 2.12. The minimum atomic E-state index is -0.511. The highest BCUT2D eigenvalue weighted by Gasteiger charge is 2.13. The van der Waals surface area contributed by atoms with Crippen LogP contribution < -0.4 is 5.32 Å². The minimum absolute atomic E-state index is 0.0645. The van der Waals surface area contributed by atoms with E-state index >= 15 is 0 Å². The number of hydrogen-bond donors (Lipinski definition) is 1. The first-order chi connectivity index (χ1) is 9.97. The molecule has 1 amide bonds. The maximum absolute atomic E-state index is 13.8. The van der Waals surface area contributed by atoms with Gasteiger partial charge in [0.15, 0.2) is 0 Å². The van der Waals surface area contributed by atoms with Crippen molar-refractivity contribution in [1.29, 1.82) is 0 Å². The Morgan fingerprint density at radius 2 is 1.90 bits per heavy atom. The molecule has 2 aromatic rings. The molecule has 0 aliphatic heterocycles. The maximum atomic E-state index is 13.8. The number of aryl methyl sites for hydroxylation is 1. The van der Waals surface area contributed by atoms with Gasteiger partial charge in [-0.1, -0.05) is 29.8 Å². The van der Waals surface area contributed by atoms with Gasteiger partial charge in [0.2, 0.25) is 0 Å². The molecule has 1 N–H and O–H groups in total. The lowest BCUT2D eigenvalue weighted by molar-refractivity contribution is 0.102. The number of hydrogen-bond acceptors (Lipinski definition) is 2. The minimum Gasteiger partial charge on any atom is -0.322 e. The third-order valence-electron chi connectivity index (χ3n) is 3.12. The molecule has 0 fully saturated rings. The van der Waals surface area contributed by atoms with Gasteiger partial charge in [-0.05, 0) is 44.8 Å². The van der Waals surface area contributed by atoms with Crippen LogP contribution in [0.15, 0.2) is 42.5 Å². The molecule has 4 heteroatoms. The molecule has 0 unspecified atom stereocenters. The lowest BCUT2D eigenvalue weighted by atomic mass is 10.1. The van der Waals surface area contributed by atoms with E-state index in [1.54, 1.807) is 12.1 Å². The number of nitrogens with zero attached hydrogens (tertiary/aromatic N) is 1. The molecule has 110 valence electrons. The van der Waals surface area contributed by atoms with Crippen molar-refractivity contribution in [3.05, 3.63) is 65.0 Å². The van der Waals surface area contributed by atoms with Gasteiger partial charge < -0.3 is 10.2 Å². The average Bonchev–Trinajstić information content (AvgIpc) is 2.43. The Hall–Kier alpha value is -2.20. The molecule has 0 spiro atoms. The van der Waals surface area contributed by atoms with E-state index < -0.39 is 11.7 Å². The molecule has 0 heterocycles. The van der Waals surface area contributed by atoms with Gasteiger partial charge in [0, 0.05) is 12.2 Å². The molecular weight excluding hydrogens is 267 g/mol. The Balaban J connectivity index is 2.25. The maximum Gasteiger partial charge on any atom is 0.258 e. The lowest BCUT2D eigenvalue weighted by Crippen LogP contribution is -2.17. The number of benzene rings is 2. The summed E-state index contributed by atoms with van der Waals surface area (Å²) in [6.07, 6.45) is 0. The van der Waals surface area contributed by atoms with Crippen LogP contribution in [0.25, 0.3) is 0 Å². The molecule has 0 saturated heterocycles. The number of amides is 1. The number of nitrogens with one attached hydrogen (secondary N) is 1. The summed E-state index contributed by atoms with van der Waals surface area (Å²) < 4.78 is 13.8. The monoisotopic (exact) mass is 286 g/mol. The highest BCUT2D eigenvalue weighted by molar-refractivity contribution is 6.04. The van der Waals surface area contributed by atoms with Crippen molar-refractivity contribution < 1.29 is 9.18 Å². The van der Waals surface area contributed by atoms with Crippen LogP contribution in [0.5, 0.6) is 0 Å². The Morgan fingerprint density at radius 1 is 1.19 bits per heavy atom. The first kappa shape index (κ1) is 15.2. The van der Waals surface area contributed by atoms with Crippen LogP contribution in [0.2, 0.25) is 0 Å². The van der Waals surface area contributed by atoms with Crippen LogP contribution in [0, 0.1) is 12.7 Å². The summed E-state index contributed by atoms with van der Waals surface area (Å²) in [5.41, 5.74) is 2.61. The Labute approximate surface area is 124 Å². The van der Waals surface area contributed by atoms with E-state index in [1.807, 2.05) is 50.2 Å². The highest BCUT2D eigenvalue weighted by Crippen LogP contribution is 2.18. The molecule has 2 rings (SSSR count). The molecule has 0 atom stereocenters. The lowest BCUT2D eigenvalue weighted by Gasteiger charge is -2.15. The molecule has 0 aliphatic rings. The van der Waals surface area contributed by atoms with Gasteiger partial charge in [-0.3, -0.25) is 4.79 Å². The average molecular weight is 286 g/mol. The first-order valence-electron chi connectivity index (χ1n) is 6.77. The summed E-state index contributed by atoms with van der Waals surface area (Å²) in [4.78, 5) is 14.3. The summed E-state index contributed by atoms with van der Waals surface area (Å²) in [6.45, 7) is 2.53. The smallest absolute Gasteiger partial charge is 0.258 e. The van der Waals surface area contributed by atoms with Gasteiger partial charge >= 0.3 is 0 Å². The predicted molar refractivity (Wildman–Crippen MR) is 82.9 cm³/mol. The Bertz CT molecular complexity index is 653. The number of rotatable bonds is 4. The van der Waals surface area contributed by atoms with E-state index in [9.17, 15) is 9.18 Å². The van der Waals surface area contributed by atoms with Gasteiger partial charge in [-0.2, -0.15) is 0 Å². The van der Waals surface area contributed by atoms with Crippen LogP contribution in [-0.2, 0) is 6.54 Å². The van der Waals surface area contributed by atoms with Crippen LogP contribution in [0.1, 0.15) is 21.5 Å². The SMILES string of the molecule is Cc1ccc(F)c(C(=O)Nc2ccccc2CN(C)C)c1. The van der Waals surface area contributed by atoms with Gasteiger partial charge in [0.1, 0.15) is 5.82 Å². The summed E-state index contributed by atoms with van der Waals surface area (Å²) >= 11 is 0. The van der Waals surface area contributed by atoms with Gasteiger partial charge in [0.25, 0.3) is 5.91 Å². The summed E-state index contributed by atoms with van der Waals surface area (Å²) in [5, 5.41) is 2.79. The predicted octanol–water partition coefficient (Wildman–Crippen LogP) is 3.45. The van der Waals surface area contributed by atoms with Crippen molar-refractivity contribution in [3.8, 4) is 0 Å². The van der Waals surface area contributed by atoms with Crippen LogP contribution in [0.4, 0.5) is 10.1 Å². The fraction of sp³-hybridized carbons (Fsp3) is 0.235. The Morgan fingerprint density at radius 3 is 2.62 bits per heavy atom. The molecule has 0 aromatic heterocycles. The molecule has 21 heavy (non-hydrogen) atoms. The van der Waals surface area contributed by atoms with Crippen LogP contribution in [0.3, 0.4) is 0 Å².